The van der Waals surface area contributed by atoms with Crippen LogP contribution in [-0.4, -0.2) is 34.8 Å². The number of aromatic amines is 1. The molecule has 1 fully saturated rings. The molecule has 21 heavy (non-hydrogen) atoms. The van der Waals surface area contributed by atoms with Crippen LogP contribution in [0.5, 0.6) is 0 Å². The maximum absolute atomic E-state index is 5.74. The number of nitrogens with one attached hydrogen (secondary N) is 1. The number of rotatable bonds is 4. The van der Waals surface area contributed by atoms with Gasteiger partial charge in [0.25, 0.3) is 0 Å². The van der Waals surface area contributed by atoms with Crippen molar-refractivity contribution in [3.8, 4) is 11.4 Å². The molecule has 5 heteroatoms. The van der Waals surface area contributed by atoms with E-state index in [0.29, 0.717) is 5.92 Å². The third-order valence-electron chi connectivity index (χ3n) is 4.36. The first-order chi connectivity index (χ1) is 10.3. The highest BCUT2D eigenvalue weighted by atomic mass is 15.4. The van der Waals surface area contributed by atoms with E-state index in [9.17, 15) is 0 Å². The van der Waals surface area contributed by atoms with Crippen molar-refractivity contribution in [2.24, 2.45) is 11.7 Å². The lowest BCUT2D eigenvalue weighted by Crippen LogP contribution is -2.36. The fraction of sp³-hybridized carbons (Fsp3) is 0.500. The number of hydrogen-bond donors (Lipinski definition) is 2. The number of benzene rings is 1. The van der Waals surface area contributed by atoms with Crippen LogP contribution in [0.3, 0.4) is 0 Å². The van der Waals surface area contributed by atoms with Crippen LogP contribution < -0.4 is 10.6 Å². The summed E-state index contributed by atoms with van der Waals surface area (Å²) in [5.74, 6) is 2.33. The molecule has 0 bridgehead atoms. The highest BCUT2D eigenvalue weighted by Gasteiger charge is 2.21. The SMILES string of the molecule is CCc1ccccc1-c1nc(N2CCC(CN)CC2)n[nH]1. The van der Waals surface area contributed by atoms with Gasteiger partial charge in [0.15, 0.2) is 5.82 Å². The maximum atomic E-state index is 5.74. The normalized spacial score (nSPS) is 16.4. The highest BCUT2D eigenvalue weighted by molar-refractivity contribution is 5.61. The van der Waals surface area contributed by atoms with E-state index in [4.69, 9.17) is 10.7 Å². The van der Waals surface area contributed by atoms with Gasteiger partial charge in [-0.1, -0.05) is 31.2 Å². The molecule has 5 nitrogen and oxygen atoms in total. The molecule has 0 aliphatic carbocycles. The van der Waals surface area contributed by atoms with E-state index in [-0.39, 0.29) is 0 Å². The Morgan fingerprint density at radius 1 is 1.29 bits per heavy atom. The van der Waals surface area contributed by atoms with Crippen molar-refractivity contribution in [1.29, 1.82) is 0 Å². The van der Waals surface area contributed by atoms with Gasteiger partial charge in [-0.15, -0.1) is 5.10 Å². The Kier molecular flexibility index (Phi) is 4.20. The Morgan fingerprint density at radius 3 is 2.76 bits per heavy atom. The maximum Gasteiger partial charge on any atom is 0.245 e. The molecule has 2 aromatic rings. The van der Waals surface area contributed by atoms with Gasteiger partial charge in [-0.3, -0.25) is 5.10 Å². The number of anilines is 1. The third-order valence-corrected chi connectivity index (χ3v) is 4.36. The van der Waals surface area contributed by atoms with E-state index in [1.165, 1.54) is 5.56 Å². The molecule has 0 atom stereocenters. The van der Waals surface area contributed by atoms with Gasteiger partial charge in [0.05, 0.1) is 0 Å². The van der Waals surface area contributed by atoms with Crippen molar-refractivity contribution < 1.29 is 0 Å². The van der Waals surface area contributed by atoms with Crippen LogP contribution in [0.15, 0.2) is 24.3 Å². The summed E-state index contributed by atoms with van der Waals surface area (Å²) in [5, 5.41) is 7.49. The fourth-order valence-electron chi connectivity index (χ4n) is 2.94. The Labute approximate surface area is 125 Å². The van der Waals surface area contributed by atoms with Gasteiger partial charge in [-0.2, -0.15) is 4.98 Å². The molecule has 1 aromatic carbocycles. The Bertz CT molecular complexity index is 584. The average molecular weight is 285 g/mol. The van der Waals surface area contributed by atoms with Crippen molar-refractivity contribution in [1.82, 2.24) is 15.2 Å². The van der Waals surface area contributed by atoms with E-state index in [1.807, 2.05) is 6.07 Å². The molecule has 0 spiro atoms. The van der Waals surface area contributed by atoms with Crippen molar-refractivity contribution in [3.05, 3.63) is 29.8 Å². The van der Waals surface area contributed by atoms with Gasteiger partial charge in [-0.05, 0) is 37.3 Å². The zero-order valence-electron chi connectivity index (χ0n) is 12.5. The molecule has 112 valence electrons. The summed E-state index contributed by atoms with van der Waals surface area (Å²) >= 11 is 0. The molecule has 1 aromatic heterocycles. The zero-order valence-corrected chi connectivity index (χ0v) is 12.5. The van der Waals surface area contributed by atoms with Gasteiger partial charge in [0.1, 0.15) is 0 Å². The summed E-state index contributed by atoms with van der Waals surface area (Å²) in [7, 11) is 0. The number of H-pyrrole nitrogens is 1. The summed E-state index contributed by atoms with van der Waals surface area (Å²) in [6.07, 6.45) is 3.26. The van der Waals surface area contributed by atoms with Crippen molar-refractivity contribution in [2.45, 2.75) is 26.2 Å². The lowest BCUT2D eigenvalue weighted by molar-refractivity contribution is 0.411. The predicted molar refractivity (Wildman–Crippen MR) is 85.2 cm³/mol. The van der Waals surface area contributed by atoms with E-state index < -0.39 is 0 Å². The molecular formula is C16H23N5. The van der Waals surface area contributed by atoms with E-state index in [1.54, 1.807) is 0 Å². The van der Waals surface area contributed by atoms with Gasteiger partial charge in [0, 0.05) is 18.7 Å². The minimum absolute atomic E-state index is 0.653. The van der Waals surface area contributed by atoms with Crippen molar-refractivity contribution >= 4 is 5.95 Å². The standard InChI is InChI=1S/C16H23N5/c1-2-13-5-3-4-6-14(13)15-18-16(20-19-15)21-9-7-12(11-17)8-10-21/h3-6,12H,2,7-11,17H2,1H3,(H,18,19,20). The molecule has 0 saturated carbocycles. The van der Waals surface area contributed by atoms with Gasteiger partial charge in [-0.25, -0.2) is 0 Å². The lowest BCUT2D eigenvalue weighted by Gasteiger charge is -2.30. The molecule has 3 N–H and O–H groups in total. The number of aromatic nitrogens is 3. The van der Waals surface area contributed by atoms with Crippen LogP contribution in [0.1, 0.15) is 25.3 Å². The van der Waals surface area contributed by atoms with Crippen LogP contribution in [-0.2, 0) is 6.42 Å². The van der Waals surface area contributed by atoms with E-state index >= 15 is 0 Å². The topological polar surface area (TPSA) is 70.8 Å². The molecule has 1 aliphatic heterocycles. The quantitative estimate of drug-likeness (QED) is 0.903. The number of hydrogen-bond acceptors (Lipinski definition) is 4. The fourth-order valence-corrected chi connectivity index (χ4v) is 2.94. The summed E-state index contributed by atoms with van der Waals surface area (Å²) < 4.78 is 0. The van der Waals surface area contributed by atoms with Crippen molar-refractivity contribution in [2.75, 3.05) is 24.5 Å². The molecule has 0 radical (unpaired) electrons. The number of nitrogens with zero attached hydrogens (tertiary/aromatic N) is 3. The molecule has 1 saturated heterocycles. The molecule has 3 rings (SSSR count). The number of piperidine rings is 1. The molecule has 0 amide bonds. The first-order valence-electron chi connectivity index (χ1n) is 7.77. The second-order valence-corrected chi connectivity index (χ2v) is 5.66. The second kappa shape index (κ2) is 6.26. The first-order valence-corrected chi connectivity index (χ1v) is 7.77. The predicted octanol–water partition coefficient (Wildman–Crippen LogP) is 2.21. The Hall–Kier alpha value is -1.88. The zero-order chi connectivity index (χ0) is 14.7. The summed E-state index contributed by atoms with van der Waals surface area (Å²) in [5.41, 5.74) is 8.19. The van der Waals surface area contributed by atoms with E-state index in [0.717, 1.165) is 56.2 Å². The van der Waals surface area contributed by atoms with Gasteiger partial charge >= 0.3 is 0 Å². The average Bonchev–Trinajstić information content (AvgIpc) is 3.04. The van der Waals surface area contributed by atoms with Gasteiger partial charge in [0.2, 0.25) is 5.95 Å². The molecule has 1 aliphatic rings. The molecular weight excluding hydrogens is 262 g/mol. The summed E-state index contributed by atoms with van der Waals surface area (Å²) in [6, 6.07) is 8.36. The van der Waals surface area contributed by atoms with Crippen LogP contribution in [0.2, 0.25) is 0 Å². The largest absolute Gasteiger partial charge is 0.340 e. The number of nitrogens with two attached hydrogens (primary N) is 1. The highest BCUT2D eigenvalue weighted by Crippen LogP contribution is 2.24. The lowest BCUT2D eigenvalue weighted by atomic mass is 9.97. The summed E-state index contributed by atoms with van der Waals surface area (Å²) in [4.78, 5) is 6.94. The smallest absolute Gasteiger partial charge is 0.245 e. The van der Waals surface area contributed by atoms with Crippen LogP contribution in [0, 0.1) is 5.92 Å². The summed E-state index contributed by atoms with van der Waals surface area (Å²) in [6.45, 7) is 4.94. The molecule has 0 unspecified atom stereocenters. The Morgan fingerprint density at radius 2 is 2.05 bits per heavy atom. The Balaban J connectivity index is 1.78. The van der Waals surface area contributed by atoms with Gasteiger partial charge < -0.3 is 10.6 Å². The molecule has 2 heterocycles. The van der Waals surface area contributed by atoms with Crippen molar-refractivity contribution in [3.63, 3.8) is 0 Å². The van der Waals surface area contributed by atoms with Crippen LogP contribution >= 0.6 is 0 Å². The monoisotopic (exact) mass is 285 g/mol. The second-order valence-electron chi connectivity index (χ2n) is 5.66. The van der Waals surface area contributed by atoms with Crippen LogP contribution in [0.25, 0.3) is 11.4 Å². The minimum Gasteiger partial charge on any atom is -0.340 e. The first kappa shape index (κ1) is 14.1. The number of aryl methyl sites for hydroxylation is 1. The van der Waals surface area contributed by atoms with E-state index in [2.05, 4.69) is 40.2 Å². The third kappa shape index (κ3) is 2.93. The minimum atomic E-state index is 0.653. The van der Waals surface area contributed by atoms with Crippen LogP contribution in [0.4, 0.5) is 5.95 Å².